The Bertz CT molecular complexity index is 384. The Morgan fingerprint density at radius 1 is 1.22 bits per heavy atom. The minimum atomic E-state index is 0.784. The van der Waals surface area contributed by atoms with Crippen LogP contribution in [0.15, 0.2) is 23.4 Å². The second kappa shape index (κ2) is 10.8. The molecule has 0 aromatic carbocycles. The number of hydroxylamine groups is 1. The smallest absolute Gasteiger partial charge is 0.0758 e. The largest absolute Gasteiger partial charge is 0.304 e. The van der Waals surface area contributed by atoms with E-state index in [4.69, 9.17) is 4.84 Å². The summed E-state index contributed by atoms with van der Waals surface area (Å²) in [6.07, 6.45) is 13.1. The van der Waals surface area contributed by atoms with Crippen molar-refractivity contribution in [2.24, 2.45) is 0 Å². The molecule has 1 aliphatic carbocycles. The number of hydrogen-bond acceptors (Lipinski definition) is 4. The fourth-order valence-electron chi connectivity index (χ4n) is 3.16. The van der Waals surface area contributed by atoms with Gasteiger partial charge in [0.1, 0.15) is 0 Å². The Balaban J connectivity index is 1.60. The molecule has 132 valence electrons. The van der Waals surface area contributed by atoms with Crippen LogP contribution in [0.5, 0.6) is 0 Å². The first-order chi connectivity index (χ1) is 11.3. The van der Waals surface area contributed by atoms with E-state index < -0.39 is 0 Å². The quantitative estimate of drug-likeness (QED) is 0.521. The highest BCUT2D eigenvalue weighted by Crippen LogP contribution is 2.23. The average molecular weight is 322 g/mol. The van der Waals surface area contributed by atoms with Crippen molar-refractivity contribution in [2.45, 2.75) is 51.9 Å². The van der Waals surface area contributed by atoms with Crippen LogP contribution in [0.2, 0.25) is 0 Å². The van der Waals surface area contributed by atoms with E-state index in [9.17, 15) is 0 Å². The standard InChI is InChI=1S/C19H35N3O/c1-3-4-5-9-18-10-6-7-11-19(18)20-23-17-8-12-22-15-13-21(2)14-16-22/h9,11,20H,3-8,10,12-17H2,1-2H3. The summed E-state index contributed by atoms with van der Waals surface area (Å²) >= 11 is 0. The molecule has 0 unspecified atom stereocenters. The third kappa shape index (κ3) is 7.06. The van der Waals surface area contributed by atoms with Crippen molar-refractivity contribution < 1.29 is 4.84 Å². The molecule has 1 aliphatic heterocycles. The first-order valence-corrected chi connectivity index (χ1v) is 9.48. The minimum absolute atomic E-state index is 0.784. The minimum Gasteiger partial charge on any atom is -0.304 e. The van der Waals surface area contributed by atoms with Crippen molar-refractivity contribution in [3.63, 3.8) is 0 Å². The number of rotatable bonds is 9. The maximum absolute atomic E-state index is 5.73. The maximum atomic E-state index is 5.73. The predicted molar refractivity (Wildman–Crippen MR) is 97.2 cm³/mol. The Hall–Kier alpha value is -0.840. The fourth-order valence-corrected chi connectivity index (χ4v) is 3.16. The van der Waals surface area contributed by atoms with Gasteiger partial charge in [-0.05, 0) is 44.7 Å². The molecular weight excluding hydrogens is 286 g/mol. The van der Waals surface area contributed by atoms with Crippen LogP contribution in [0.3, 0.4) is 0 Å². The molecule has 23 heavy (non-hydrogen) atoms. The molecule has 1 fully saturated rings. The molecule has 0 amide bonds. The van der Waals surface area contributed by atoms with Gasteiger partial charge in [-0.2, -0.15) is 0 Å². The summed E-state index contributed by atoms with van der Waals surface area (Å²) in [6, 6.07) is 0. The summed E-state index contributed by atoms with van der Waals surface area (Å²) in [5.74, 6) is 0. The van der Waals surface area contributed by atoms with Gasteiger partial charge in [0.25, 0.3) is 0 Å². The van der Waals surface area contributed by atoms with Gasteiger partial charge in [0, 0.05) is 32.7 Å². The third-order valence-electron chi connectivity index (χ3n) is 4.79. The first-order valence-electron chi connectivity index (χ1n) is 9.48. The lowest BCUT2D eigenvalue weighted by Gasteiger charge is -2.32. The van der Waals surface area contributed by atoms with Crippen LogP contribution in [-0.2, 0) is 4.84 Å². The number of hydrogen-bond donors (Lipinski definition) is 1. The number of likely N-dealkylation sites (N-methyl/N-ethyl adjacent to an activating group) is 1. The van der Waals surface area contributed by atoms with Crippen molar-refractivity contribution in [1.82, 2.24) is 15.3 Å². The van der Waals surface area contributed by atoms with E-state index in [1.807, 2.05) is 0 Å². The first kappa shape index (κ1) is 18.5. The Kier molecular flexibility index (Phi) is 8.72. The Labute approximate surface area is 142 Å². The number of nitrogens with zero attached hydrogens (tertiary/aromatic N) is 2. The van der Waals surface area contributed by atoms with Gasteiger partial charge in [-0.3, -0.25) is 10.3 Å². The summed E-state index contributed by atoms with van der Waals surface area (Å²) in [5, 5.41) is 0. The molecule has 0 radical (unpaired) electrons. The molecule has 0 atom stereocenters. The lowest BCUT2D eigenvalue weighted by atomic mass is 9.97. The zero-order chi connectivity index (χ0) is 16.3. The van der Waals surface area contributed by atoms with Gasteiger partial charge in [-0.1, -0.05) is 31.9 Å². The highest BCUT2D eigenvalue weighted by Gasteiger charge is 2.13. The zero-order valence-electron chi connectivity index (χ0n) is 15.1. The summed E-state index contributed by atoms with van der Waals surface area (Å²) in [5.41, 5.74) is 5.87. The molecule has 0 aromatic rings. The van der Waals surface area contributed by atoms with Gasteiger partial charge in [-0.25, -0.2) is 0 Å². The number of nitrogens with one attached hydrogen (secondary N) is 1. The Morgan fingerprint density at radius 2 is 2.04 bits per heavy atom. The van der Waals surface area contributed by atoms with Crippen molar-refractivity contribution in [2.75, 3.05) is 46.4 Å². The molecule has 0 spiro atoms. The van der Waals surface area contributed by atoms with Gasteiger partial charge in [0.05, 0.1) is 12.3 Å². The lowest BCUT2D eigenvalue weighted by Crippen LogP contribution is -2.44. The van der Waals surface area contributed by atoms with Crippen LogP contribution in [-0.4, -0.2) is 56.2 Å². The van der Waals surface area contributed by atoms with E-state index in [0.29, 0.717) is 0 Å². The molecule has 1 saturated heterocycles. The maximum Gasteiger partial charge on any atom is 0.0758 e. The molecule has 0 aromatic heterocycles. The van der Waals surface area contributed by atoms with Crippen LogP contribution in [0, 0.1) is 0 Å². The normalized spacial score (nSPS) is 22.3. The van der Waals surface area contributed by atoms with Crippen LogP contribution in [0.1, 0.15) is 51.9 Å². The second-order valence-electron chi connectivity index (χ2n) is 6.83. The molecule has 4 nitrogen and oxygen atoms in total. The van der Waals surface area contributed by atoms with Crippen molar-refractivity contribution in [3.05, 3.63) is 23.4 Å². The van der Waals surface area contributed by atoms with Crippen molar-refractivity contribution >= 4 is 0 Å². The summed E-state index contributed by atoms with van der Waals surface area (Å²) < 4.78 is 0. The second-order valence-corrected chi connectivity index (χ2v) is 6.83. The van der Waals surface area contributed by atoms with Crippen LogP contribution in [0.25, 0.3) is 0 Å². The molecule has 1 heterocycles. The van der Waals surface area contributed by atoms with Crippen LogP contribution < -0.4 is 5.48 Å². The number of allylic oxidation sites excluding steroid dienone is 3. The average Bonchev–Trinajstić information content (AvgIpc) is 2.58. The molecular formula is C19H35N3O. The van der Waals surface area contributed by atoms with Crippen molar-refractivity contribution in [3.8, 4) is 0 Å². The Morgan fingerprint density at radius 3 is 2.83 bits per heavy atom. The van der Waals surface area contributed by atoms with E-state index in [2.05, 4.69) is 41.4 Å². The SMILES string of the molecule is CCCCC=C1CCCC=C1NOCCCN1CCN(C)CC1. The highest BCUT2D eigenvalue weighted by molar-refractivity contribution is 5.30. The topological polar surface area (TPSA) is 27.7 Å². The van der Waals surface area contributed by atoms with Crippen LogP contribution in [0.4, 0.5) is 0 Å². The van der Waals surface area contributed by atoms with Gasteiger partial charge in [0.2, 0.25) is 0 Å². The molecule has 2 rings (SSSR count). The lowest BCUT2D eigenvalue weighted by molar-refractivity contribution is 0.0520. The van der Waals surface area contributed by atoms with Crippen LogP contribution >= 0.6 is 0 Å². The van der Waals surface area contributed by atoms with Gasteiger partial charge >= 0.3 is 0 Å². The molecule has 2 aliphatic rings. The number of unbranched alkanes of at least 4 members (excludes halogenated alkanes) is 2. The van der Waals surface area contributed by atoms with Crippen molar-refractivity contribution in [1.29, 1.82) is 0 Å². The molecule has 0 bridgehead atoms. The summed E-state index contributed by atoms with van der Waals surface area (Å²) in [7, 11) is 2.20. The highest BCUT2D eigenvalue weighted by atomic mass is 16.6. The van der Waals surface area contributed by atoms with Gasteiger partial charge in [-0.15, -0.1) is 0 Å². The van der Waals surface area contributed by atoms with E-state index in [-0.39, 0.29) is 0 Å². The van der Waals surface area contributed by atoms with E-state index in [0.717, 1.165) is 26.0 Å². The molecule has 1 N–H and O–H groups in total. The van der Waals surface area contributed by atoms with Gasteiger partial charge < -0.3 is 9.80 Å². The van der Waals surface area contributed by atoms with E-state index >= 15 is 0 Å². The monoisotopic (exact) mass is 321 g/mol. The van der Waals surface area contributed by atoms with E-state index in [1.165, 1.54) is 69.6 Å². The van der Waals surface area contributed by atoms with E-state index in [1.54, 1.807) is 0 Å². The zero-order valence-corrected chi connectivity index (χ0v) is 15.1. The molecule has 4 heteroatoms. The summed E-state index contributed by atoms with van der Waals surface area (Å²) in [4.78, 5) is 10.7. The van der Waals surface area contributed by atoms with Gasteiger partial charge in [0.15, 0.2) is 0 Å². The summed E-state index contributed by atoms with van der Waals surface area (Å²) in [6.45, 7) is 8.95. The predicted octanol–water partition coefficient (Wildman–Crippen LogP) is 3.33. The third-order valence-corrected chi connectivity index (χ3v) is 4.79. The fraction of sp³-hybridized carbons (Fsp3) is 0.789. The number of piperazine rings is 1. The molecule has 0 saturated carbocycles.